The zero-order valence-corrected chi connectivity index (χ0v) is 5.70. The molecule has 0 aliphatic rings. The topological polar surface area (TPSA) is 76.9 Å². The number of rotatable bonds is 1. The smallest absolute Gasteiger partial charge is 0.241 e. The first kappa shape index (κ1) is 6.67. The van der Waals surface area contributed by atoms with Gasteiger partial charge in [0.15, 0.2) is 0 Å². The SMILES string of the molecule is Cc1cnc(N=[NH2+])c(N)c1. The summed E-state index contributed by atoms with van der Waals surface area (Å²) in [6.45, 7) is 1.91. The molecule has 0 aliphatic carbocycles. The number of nitrogens with two attached hydrogens (primary N) is 2. The van der Waals surface area contributed by atoms with Crippen LogP contribution < -0.4 is 11.3 Å². The van der Waals surface area contributed by atoms with Crippen LogP contribution in [0.2, 0.25) is 0 Å². The van der Waals surface area contributed by atoms with Crippen LogP contribution in [0.1, 0.15) is 5.56 Å². The summed E-state index contributed by atoms with van der Waals surface area (Å²) in [7, 11) is 0. The zero-order valence-electron chi connectivity index (χ0n) is 5.70. The number of aryl methyl sites for hydroxylation is 1. The third kappa shape index (κ3) is 1.10. The average molecular weight is 137 g/mol. The molecule has 0 aliphatic heterocycles. The summed E-state index contributed by atoms with van der Waals surface area (Å²) in [5.74, 6) is 0.394. The largest absolute Gasteiger partial charge is 0.395 e. The van der Waals surface area contributed by atoms with Crippen LogP contribution in [0.25, 0.3) is 0 Å². The van der Waals surface area contributed by atoms with Gasteiger partial charge in [-0.25, -0.2) is 4.98 Å². The van der Waals surface area contributed by atoms with Crippen molar-refractivity contribution in [1.82, 2.24) is 4.98 Å². The lowest BCUT2D eigenvalue weighted by atomic mass is 10.3. The van der Waals surface area contributed by atoms with E-state index in [1.54, 1.807) is 12.3 Å². The van der Waals surface area contributed by atoms with E-state index in [1.165, 1.54) is 0 Å². The highest BCUT2D eigenvalue weighted by molar-refractivity contribution is 5.57. The number of nitrogen functional groups attached to an aromatic ring is 1. The van der Waals surface area contributed by atoms with Gasteiger partial charge in [0, 0.05) is 11.3 Å². The highest BCUT2D eigenvalue weighted by Crippen LogP contribution is 2.16. The van der Waals surface area contributed by atoms with Gasteiger partial charge in [-0.2, -0.15) is 5.53 Å². The van der Waals surface area contributed by atoms with Crippen molar-refractivity contribution in [3.8, 4) is 0 Å². The molecule has 4 heteroatoms. The van der Waals surface area contributed by atoms with Crippen LogP contribution >= 0.6 is 0 Å². The maximum atomic E-state index is 5.50. The minimum Gasteiger partial charge on any atom is -0.395 e. The fourth-order valence-electron chi connectivity index (χ4n) is 0.692. The van der Waals surface area contributed by atoms with Gasteiger partial charge < -0.3 is 5.73 Å². The second kappa shape index (κ2) is 2.43. The Labute approximate surface area is 58.6 Å². The van der Waals surface area contributed by atoms with E-state index in [1.807, 2.05) is 6.92 Å². The van der Waals surface area contributed by atoms with E-state index in [4.69, 9.17) is 11.3 Å². The molecule has 1 heterocycles. The van der Waals surface area contributed by atoms with E-state index < -0.39 is 0 Å². The molecule has 4 nitrogen and oxygen atoms in total. The van der Waals surface area contributed by atoms with Crippen molar-refractivity contribution >= 4 is 11.5 Å². The molecule has 0 spiro atoms. The molecule has 0 fully saturated rings. The molecule has 1 rings (SSSR count). The maximum absolute atomic E-state index is 5.50. The lowest BCUT2D eigenvalue weighted by Gasteiger charge is -1.94. The molecule has 0 amide bonds. The summed E-state index contributed by atoms with van der Waals surface area (Å²) < 4.78 is 0. The number of aromatic nitrogens is 1. The van der Waals surface area contributed by atoms with Gasteiger partial charge in [-0.15, -0.1) is 0 Å². The number of hydrogen-bond acceptors (Lipinski definition) is 3. The van der Waals surface area contributed by atoms with Gasteiger partial charge >= 0.3 is 0 Å². The molecular weight excluding hydrogens is 128 g/mol. The van der Waals surface area contributed by atoms with Gasteiger partial charge in [0.25, 0.3) is 0 Å². The first-order valence-corrected chi connectivity index (χ1v) is 2.87. The lowest BCUT2D eigenvalue weighted by molar-refractivity contribution is -0.210. The Bertz CT molecular complexity index is 256. The van der Waals surface area contributed by atoms with Gasteiger partial charge in [-0.3, -0.25) is 0 Å². The normalized spacial score (nSPS) is 9.30. The van der Waals surface area contributed by atoms with Gasteiger partial charge in [-0.1, -0.05) is 0 Å². The van der Waals surface area contributed by atoms with E-state index in [0.717, 1.165) is 5.56 Å². The minimum atomic E-state index is 0.394. The average Bonchev–Trinajstić information content (AvgIpc) is 1.88. The van der Waals surface area contributed by atoms with Crippen LogP contribution in [-0.2, 0) is 0 Å². The van der Waals surface area contributed by atoms with E-state index in [0.29, 0.717) is 11.5 Å². The lowest BCUT2D eigenvalue weighted by Crippen LogP contribution is -2.22. The summed E-state index contributed by atoms with van der Waals surface area (Å²) in [5, 5.41) is 3.38. The van der Waals surface area contributed by atoms with Crippen molar-refractivity contribution in [3.63, 3.8) is 0 Å². The zero-order chi connectivity index (χ0) is 7.56. The van der Waals surface area contributed by atoms with Crippen molar-refractivity contribution < 1.29 is 5.53 Å². The van der Waals surface area contributed by atoms with Gasteiger partial charge in [0.05, 0.1) is 5.69 Å². The van der Waals surface area contributed by atoms with Crippen molar-refractivity contribution in [3.05, 3.63) is 17.8 Å². The van der Waals surface area contributed by atoms with Crippen LogP contribution in [0.4, 0.5) is 11.5 Å². The molecule has 0 unspecified atom stereocenters. The van der Waals surface area contributed by atoms with Crippen LogP contribution in [0, 0.1) is 6.92 Å². The van der Waals surface area contributed by atoms with E-state index >= 15 is 0 Å². The van der Waals surface area contributed by atoms with Crippen molar-refractivity contribution in [1.29, 1.82) is 0 Å². The van der Waals surface area contributed by atoms with Crippen LogP contribution in [0.15, 0.2) is 17.4 Å². The Morgan fingerprint density at radius 2 is 2.40 bits per heavy atom. The molecule has 0 bridgehead atoms. The van der Waals surface area contributed by atoms with Crippen molar-refractivity contribution in [2.45, 2.75) is 6.92 Å². The van der Waals surface area contributed by atoms with E-state index in [2.05, 4.69) is 10.1 Å². The summed E-state index contributed by atoms with van der Waals surface area (Å²) >= 11 is 0. The third-order valence-corrected chi connectivity index (χ3v) is 1.15. The first-order chi connectivity index (χ1) is 4.74. The number of nitrogens with zero attached hydrogens (tertiary/aromatic N) is 2. The molecule has 1 aromatic heterocycles. The summed E-state index contributed by atoms with van der Waals surface area (Å²) in [4.78, 5) is 3.88. The second-order valence-corrected chi connectivity index (χ2v) is 2.05. The van der Waals surface area contributed by atoms with E-state index in [9.17, 15) is 0 Å². The minimum absolute atomic E-state index is 0.394. The molecule has 0 saturated heterocycles. The Hall–Kier alpha value is -1.45. The predicted molar refractivity (Wildman–Crippen MR) is 37.4 cm³/mol. The summed E-state index contributed by atoms with van der Waals surface area (Å²) in [6, 6.07) is 1.78. The Morgan fingerprint density at radius 3 is 2.90 bits per heavy atom. The quantitative estimate of drug-likeness (QED) is 0.526. The van der Waals surface area contributed by atoms with Gasteiger partial charge in [-0.05, 0) is 18.6 Å². The molecule has 0 aromatic carbocycles. The molecule has 0 saturated carbocycles. The molecule has 52 valence electrons. The fourth-order valence-corrected chi connectivity index (χ4v) is 0.692. The Morgan fingerprint density at radius 1 is 1.70 bits per heavy atom. The second-order valence-electron chi connectivity index (χ2n) is 2.05. The number of hydrogen-bond donors (Lipinski definition) is 2. The third-order valence-electron chi connectivity index (χ3n) is 1.15. The van der Waals surface area contributed by atoms with Gasteiger partial charge in [0.2, 0.25) is 5.82 Å². The van der Waals surface area contributed by atoms with Crippen LogP contribution in [0.5, 0.6) is 0 Å². The standard InChI is InChI=1S/C6H8N4/c1-4-2-5(7)6(10-8)9-3-4/h2-3,8H,7H2,1H3/p+1. The van der Waals surface area contributed by atoms with Crippen molar-refractivity contribution in [2.24, 2.45) is 5.11 Å². The Kier molecular flexibility index (Phi) is 1.62. The molecule has 4 N–H and O–H groups in total. The molecular formula is C6H9N4+. The summed E-state index contributed by atoms with van der Waals surface area (Å²) in [5.41, 5.74) is 12.0. The fraction of sp³-hybridized carbons (Fsp3) is 0.167. The first-order valence-electron chi connectivity index (χ1n) is 2.87. The molecule has 1 aromatic rings. The van der Waals surface area contributed by atoms with Crippen molar-refractivity contribution in [2.75, 3.05) is 5.73 Å². The summed E-state index contributed by atoms with van der Waals surface area (Å²) in [6.07, 6.45) is 1.67. The highest BCUT2D eigenvalue weighted by atomic mass is 15.0. The Balaban J connectivity index is 3.19. The van der Waals surface area contributed by atoms with Crippen LogP contribution in [0.3, 0.4) is 0 Å². The maximum Gasteiger partial charge on any atom is 0.241 e. The monoisotopic (exact) mass is 137 g/mol. The van der Waals surface area contributed by atoms with Crippen LogP contribution in [-0.4, -0.2) is 4.98 Å². The highest BCUT2D eigenvalue weighted by Gasteiger charge is 1.98. The van der Waals surface area contributed by atoms with Gasteiger partial charge in [0.1, 0.15) is 0 Å². The number of pyridine rings is 1. The number of anilines is 1. The molecule has 10 heavy (non-hydrogen) atoms. The van der Waals surface area contributed by atoms with E-state index in [-0.39, 0.29) is 0 Å². The predicted octanol–water partition coefficient (Wildman–Crippen LogP) is -0.185. The molecule has 0 atom stereocenters. The molecule has 0 radical (unpaired) electrons.